The van der Waals surface area contributed by atoms with E-state index in [2.05, 4.69) is 21.2 Å². The molecular weight excluding hydrogens is 182 g/mol. The van der Waals surface area contributed by atoms with Crippen molar-refractivity contribution in [3.63, 3.8) is 0 Å². The molecule has 0 unspecified atom stereocenters. The molecule has 0 heterocycles. The first kappa shape index (κ1) is 7.06. The van der Waals surface area contributed by atoms with Gasteiger partial charge < -0.3 is 5.32 Å². The lowest BCUT2D eigenvalue weighted by Gasteiger charge is -2.02. The topological polar surface area (TPSA) is 29.1 Å². The molecule has 0 spiro atoms. The van der Waals surface area contributed by atoms with E-state index in [0.717, 1.165) is 12.8 Å². The molecule has 0 saturated heterocycles. The van der Waals surface area contributed by atoms with Gasteiger partial charge in [-0.05, 0) is 19.8 Å². The van der Waals surface area contributed by atoms with E-state index in [1.165, 1.54) is 0 Å². The summed E-state index contributed by atoms with van der Waals surface area (Å²) in [5.41, 5.74) is 0. The number of halogens is 1. The highest BCUT2D eigenvalue weighted by atomic mass is 79.9. The maximum Gasteiger partial charge on any atom is 0.233 e. The van der Waals surface area contributed by atoms with Gasteiger partial charge in [-0.2, -0.15) is 0 Å². The number of alkyl halides is 1. The Morgan fingerprint density at radius 2 is 2.33 bits per heavy atom. The summed E-state index contributed by atoms with van der Waals surface area (Å²) in [5.74, 6) is 0.109. The Morgan fingerprint density at radius 1 is 1.78 bits per heavy atom. The van der Waals surface area contributed by atoms with Crippen molar-refractivity contribution in [1.82, 2.24) is 5.32 Å². The van der Waals surface area contributed by atoms with Crippen LogP contribution in [0.25, 0.3) is 0 Å². The zero-order chi connectivity index (χ0) is 6.85. The third kappa shape index (κ3) is 2.35. The minimum absolute atomic E-state index is 0.0434. The summed E-state index contributed by atoms with van der Waals surface area (Å²) in [6.07, 6.45) is 2.32. The minimum atomic E-state index is -0.0434. The molecule has 1 atom stereocenters. The predicted molar refractivity (Wildman–Crippen MR) is 39.6 cm³/mol. The van der Waals surface area contributed by atoms with Gasteiger partial charge in [-0.15, -0.1) is 0 Å². The molecule has 1 N–H and O–H groups in total. The highest BCUT2D eigenvalue weighted by molar-refractivity contribution is 9.10. The Bertz CT molecular complexity index is 120. The Morgan fingerprint density at radius 3 is 2.67 bits per heavy atom. The predicted octanol–water partition coefficient (Wildman–Crippen LogP) is 1.05. The van der Waals surface area contributed by atoms with E-state index in [-0.39, 0.29) is 10.7 Å². The van der Waals surface area contributed by atoms with Crippen LogP contribution in [0.2, 0.25) is 0 Å². The zero-order valence-corrected chi connectivity index (χ0v) is 6.94. The molecule has 1 fully saturated rings. The number of nitrogens with one attached hydrogen (secondary N) is 1. The second-order valence-electron chi connectivity index (χ2n) is 2.40. The Balaban J connectivity index is 2.17. The molecule has 0 bridgehead atoms. The average molecular weight is 192 g/mol. The van der Waals surface area contributed by atoms with Crippen molar-refractivity contribution < 1.29 is 4.79 Å². The molecule has 0 aromatic heterocycles. The molecule has 1 aliphatic rings. The van der Waals surface area contributed by atoms with Gasteiger partial charge in [0.15, 0.2) is 0 Å². The highest BCUT2D eigenvalue weighted by Crippen LogP contribution is 2.19. The maximum absolute atomic E-state index is 10.8. The summed E-state index contributed by atoms with van der Waals surface area (Å²) in [6.45, 7) is 1.83. The van der Waals surface area contributed by atoms with Gasteiger partial charge in [-0.3, -0.25) is 4.79 Å². The summed E-state index contributed by atoms with van der Waals surface area (Å²) in [5, 5.41) is 2.87. The van der Waals surface area contributed by atoms with E-state index in [9.17, 15) is 4.79 Å². The zero-order valence-electron chi connectivity index (χ0n) is 5.36. The fourth-order valence-corrected chi connectivity index (χ4v) is 0.676. The Labute approximate surface area is 63.1 Å². The molecule has 0 aliphatic heterocycles. The van der Waals surface area contributed by atoms with Crippen molar-refractivity contribution in [2.24, 2.45) is 0 Å². The molecule has 1 rings (SSSR count). The lowest BCUT2D eigenvalue weighted by molar-refractivity contribution is -0.120. The molecule has 1 aliphatic carbocycles. The summed E-state index contributed by atoms with van der Waals surface area (Å²) in [6, 6.07) is 0.484. The smallest absolute Gasteiger partial charge is 0.233 e. The van der Waals surface area contributed by atoms with Crippen molar-refractivity contribution in [2.45, 2.75) is 30.6 Å². The molecule has 3 heteroatoms. The van der Waals surface area contributed by atoms with Crippen LogP contribution in [0, 0.1) is 0 Å². The first-order valence-corrected chi connectivity index (χ1v) is 4.06. The van der Waals surface area contributed by atoms with E-state index in [1.54, 1.807) is 0 Å². The van der Waals surface area contributed by atoms with Crippen molar-refractivity contribution >= 4 is 21.8 Å². The largest absolute Gasteiger partial charge is 0.352 e. The second-order valence-corrected chi connectivity index (χ2v) is 3.77. The molecule has 1 saturated carbocycles. The van der Waals surface area contributed by atoms with E-state index in [1.807, 2.05) is 6.92 Å². The van der Waals surface area contributed by atoms with Crippen LogP contribution in [0.5, 0.6) is 0 Å². The number of rotatable bonds is 2. The summed E-state index contributed by atoms with van der Waals surface area (Å²) < 4.78 is 0. The SMILES string of the molecule is C[C@@H](Br)C(=O)NC1CC1. The van der Waals surface area contributed by atoms with Crippen LogP contribution < -0.4 is 5.32 Å². The normalized spacial score (nSPS) is 21.1. The standard InChI is InChI=1S/C6H10BrNO/c1-4(7)6(9)8-5-2-3-5/h4-5H,2-3H2,1H3,(H,8,9)/t4-/m1/s1. The summed E-state index contributed by atoms with van der Waals surface area (Å²) >= 11 is 3.18. The van der Waals surface area contributed by atoms with E-state index in [0.29, 0.717) is 6.04 Å². The number of hydrogen-bond donors (Lipinski definition) is 1. The number of hydrogen-bond acceptors (Lipinski definition) is 1. The summed E-state index contributed by atoms with van der Waals surface area (Å²) in [7, 11) is 0. The van der Waals surface area contributed by atoms with Gasteiger partial charge >= 0.3 is 0 Å². The van der Waals surface area contributed by atoms with Gasteiger partial charge in [0.1, 0.15) is 0 Å². The van der Waals surface area contributed by atoms with E-state index < -0.39 is 0 Å². The number of carbonyl (C=O) groups excluding carboxylic acids is 1. The number of carbonyl (C=O) groups is 1. The van der Waals surface area contributed by atoms with Gasteiger partial charge in [0.25, 0.3) is 0 Å². The monoisotopic (exact) mass is 191 g/mol. The third-order valence-electron chi connectivity index (χ3n) is 1.29. The maximum atomic E-state index is 10.8. The van der Waals surface area contributed by atoms with Crippen LogP contribution in [-0.2, 0) is 4.79 Å². The van der Waals surface area contributed by atoms with E-state index >= 15 is 0 Å². The van der Waals surface area contributed by atoms with Crippen LogP contribution in [0.1, 0.15) is 19.8 Å². The fraction of sp³-hybridized carbons (Fsp3) is 0.833. The Kier molecular flexibility index (Phi) is 2.11. The van der Waals surface area contributed by atoms with Crippen molar-refractivity contribution in [3.05, 3.63) is 0 Å². The Hall–Kier alpha value is -0.0500. The molecule has 9 heavy (non-hydrogen) atoms. The first-order valence-electron chi connectivity index (χ1n) is 3.14. The van der Waals surface area contributed by atoms with Gasteiger partial charge in [0.2, 0.25) is 5.91 Å². The molecular formula is C6H10BrNO. The molecule has 0 aromatic carbocycles. The fourth-order valence-electron chi connectivity index (χ4n) is 0.544. The van der Waals surface area contributed by atoms with E-state index in [4.69, 9.17) is 0 Å². The quantitative estimate of drug-likeness (QED) is 0.651. The van der Waals surface area contributed by atoms with Crippen LogP contribution in [0.15, 0.2) is 0 Å². The summed E-state index contributed by atoms with van der Waals surface area (Å²) in [4.78, 5) is 10.8. The molecule has 52 valence electrons. The molecule has 2 nitrogen and oxygen atoms in total. The van der Waals surface area contributed by atoms with Gasteiger partial charge in [0.05, 0.1) is 4.83 Å². The molecule has 0 radical (unpaired) electrons. The molecule has 0 aromatic rings. The lowest BCUT2D eigenvalue weighted by atomic mass is 10.4. The number of amides is 1. The van der Waals surface area contributed by atoms with Gasteiger partial charge in [-0.1, -0.05) is 15.9 Å². The van der Waals surface area contributed by atoms with Crippen LogP contribution in [-0.4, -0.2) is 16.8 Å². The minimum Gasteiger partial charge on any atom is -0.352 e. The van der Waals surface area contributed by atoms with Crippen molar-refractivity contribution in [2.75, 3.05) is 0 Å². The average Bonchev–Trinajstić information content (AvgIpc) is 2.50. The highest BCUT2D eigenvalue weighted by Gasteiger charge is 2.24. The van der Waals surface area contributed by atoms with Crippen LogP contribution in [0.4, 0.5) is 0 Å². The molecule has 1 amide bonds. The van der Waals surface area contributed by atoms with Crippen LogP contribution in [0.3, 0.4) is 0 Å². The third-order valence-corrected chi connectivity index (χ3v) is 1.70. The van der Waals surface area contributed by atoms with Gasteiger partial charge in [0, 0.05) is 6.04 Å². The van der Waals surface area contributed by atoms with Crippen molar-refractivity contribution in [1.29, 1.82) is 0 Å². The van der Waals surface area contributed by atoms with Gasteiger partial charge in [-0.25, -0.2) is 0 Å². The lowest BCUT2D eigenvalue weighted by Crippen LogP contribution is -2.30. The van der Waals surface area contributed by atoms with Crippen molar-refractivity contribution in [3.8, 4) is 0 Å². The second kappa shape index (κ2) is 2.69. The first-order chi connectivity index (χ1) is 4.20. The van der Waals surface area contributed by atoms with Crippen LogP contribution >= 0.6 is 15.9 Å².